The van der Waals surface area contributed by atoms with Crippen LogP contribution in [0.2, 0.25) is 0 Å². The van der Waals surface area contributed by atoms with Gasteiger partial charge in [0.05, 0.1) is 18.5 Å². The molecule has 210 valence electrons. The molecule has 2 heterocycles. The lowest BCUT2D eigenvalue weighted by Gasteiger charge is -2.44. The Hall–Kier alpha value is -4.02. The summed E-state index contributed by atoms with van der Waals surface area (Å²) in [4.78, 5) is 22.7. The number of hydrogen-bond acceptors (Lipinski definition) is 4. The molecule has 2 aliphatic heterocycles. The first-order valence-corrected chi connectivity index (χ1v) is 14.8. The van der Waals surface area contributed by atoms with Crippen LogP contribution in [-0.2, 0) is 13.0 Å². The number of anilines is 1. The van der Waals surface area contributed by atoms with Crippen LogP contribution < -0.4 is 10.2 Å². The highest BCUT2D eigenvalue weighted by molar-refractivity contribution is 6.19. The summed E-state index contributed by atoms with van der Waals surface area (Å²) < 4.78 is 14.3. The molecule has 0 atom stereocenters. The highest BCUT2D eigenvalue weighted by Crippen LogP contribution is 2.39. The lowest BCUT2D eigenvalue weighted by atomic mass is 9.84. The molecule has 0 aromatic heterocycles. The van der Waals surface area contributed by atoms with E-state index in [9.17, 15) is 14.4 Å². The van der Waals surface area contributed by atoms with Crippen molar-refractivity contribution >= 4 is 17.6 Å². The van der Waals surface area contributed by atoms with E-state index >= 15 is 0 Å². The van der Waals surface area contributed by atoms with E-state index in [1.54, 1.807) is 11.0 Å². The van der Waals surface area contributed by atoms with Gasteiger partial charge in [-0.15, -0.1) is 0 Å². The van der Waals surface area contributed by atoms with Crippen LogP contribution in [0.1, 0.15) is 56.1 Å². The number of nitrogens with one attached hydrogen (secondary N) is 1. The summed E-state index contributed by atoms with van der Waals surface area (Å²) >= 11 is 0. The number of piperidine rings is 1. The van der Waals surface area contributed by atoms with Crippen molar-refractivity contribution in [3.8, 4) is 17.2 Å². The fourth-order valence-corrected chi connectivity index (χ4v) is 6.78. The summed E-state index contributed by atoms with van der Waals surface area (Å²) in [6.07, 6.45) is 7.51. The molecule has 3 aromatic carbocycles. The number of hydrogen-bond donors (Lipinski definition) is 1. The van der Waals surface area contributed by atoms with Gasteiger partial charge in [-0.25, -0.2) is 9.18 Å². The van der Waals surface area contributed by atoms with Gasteiger partial charge in [0.25, 0.3) is 0 Å². The van der Waals surface area contributed by atoms with Crippen LogP contribution in [0, 0.1) is 17.1 Å². The second kappa shape index (κ2) is 11.8. The van der Waals surface area contributed by atoms with Crippen LogP contribution in [0.5, 0.6) is 0 Å². The predicted octanol–water partition coefficient (Wildman–Crippen LogP) is 6.85. The lowest BCUT2D eigenvalue weighted by Crippen LogP contribution is -2.57. The number of aliphatic imine (C=N–C) groups is 1. The summed E-state index contributed by atoms with van der Waals surface area (Å²) in [5.74, 6) is 0.409. The van der Waals surface area contributed by atoms with Gasteiger partial charge in [0.2, 0.25) is 0 Å². The Balaban J connectivity index is 1.24. The first-order valence-electron chi connectivity index (χ1n) is 14.8. The number of carbonyl (C=O) groups excluding carboxylic acids is 1. The molecule has 1 aliphatic carbocycles. The molecular formula is C34H36FN5O. The standard InChI is InChI=1S/C34H36FN5O/c35-28-11-7-14-30(23-28)40-33(41)38-32(37-29-12-2-1-3-13-29)34(40)17-20-39(21-18-34)24-25-8-6-10-27(22-25)31-15-5-4-9-26(31)16-19-36/h4-11,14-15,22-23,29H,1-3,12-13,16-18,20-21,24H2,(H,37,38,41). The average molecular weight is 550 g/mol. The lowest BCUT2D eigenvalue weighted by molar-refractivity contribution is 0.184. The Morgan fingerprint density at radius 3 is 2.54 bits per heavy atom. The number of amidine groups is 1. The van der Waals surface area contributed by atoms with Crippen LogP contribution in [0.15, 0.2) is 77.8 Å². The highest BCUT2D eigenvalue weighted by Gasteiger charge is 2.53. The molecule has 1 saturated carbocycles. The van der Waals surface area contributed by atoms with E-state index in [2.05, 4.69) is 46.6 Å². The number of nitrogens with zero attached hydrogens (tertiary/aromatic N) is 4. The number of likely N-dealkylation sites (tertiary alicyclic amines) is 1. The quantitative estimate of drug-likeness (QED) is 0.365. The molecule has 3 aliphatic rings. The molecule has 0 unspecified atom stereocenters. The maximum absolute atomic E-state index is 14.3. The van der Waals surface area contributed by atoms with E-state index in [0.717, 1.165) is 67.8 Å². The minimum absolute atomic E-state index is 0.220. The fraction of sp³-hybridized carbons (Fsp3) is 0.382. The van der Waals surface area contributed by atoms with Crippen LogP contribution in [0.25, 0.3) is 11.1 Å². The predicted molar refractivity (Wildman–Crippen MR) is 160 cm³/mol. The van der Waals surface area contributed by atoms with Crippen LogP contribution in [0.4, 0.5) is 14.9 Å². The topological polar surface area (TPSA) is 71.7 Å². The summed E-state index contributed by atoms with van der Waals surface area (Å²) in [6.45, 7) is 2.38. The minimum Gasteiger partial charge on any atom is -0.299 e. The van der Waals surface area contributed by atoms with Gasteiger partial charge in [-0.2, -0.15) is 5.26 Å². The summed E-state index contributed by atoms with van der Waals surface area (Å²) in [7, 11) is 0. The maximum Gasteiger partial charge on any atom is 0.328 e. The maximum atomic E-state index is 14.3. The molecule has 6 nitrogen and oxygen atoms in total. The van der Waals surface area contributed by atoms with Crippen molar-refractivity contribution in [2.24, 2.45) is 4.99 Å². The van der Waals surface area contributed by atoms with E-state index in [1.165, 1.54) is 37.0 Å². The first-order chi connectivity index (χ1) is 20.1. The number of nitriles is 1. The van der Waals surface area contributed by atoms with Crippen LogP contribution in [0.3, 0.4) is 0 Å². The van der Waals surface area contributed by atoms with Crippen molar-refractivity contribution in [3.63, 3.8) is 0 Å². The van der Waals surface area contributed by atoms with Crippen molar-refractivity contribution in [2.45, 2.75) is 69.5 Å². The normalized spacial score (nSPS) is 20.3. The van der Waals surface area contributed by atoms with Crippen LogP contribution in [-0.4, -0.2) is 41.4 Å². The molecule has 2 amide bonds. The zero-order chi connectivity index (χ0) is 28.2. The van der Waals surface area contributed by atoms with Crippen LogP contribution >= 0.6 is 0 Å². The monoisotopic (exact) mass is 549 g/mol. The third-order valence-electron chi connectivity index (χ3n) is 8.86. The Morgan fingerprint density at radius 1 is 0.976 bits per heavy atom. The second-order valence-corrected chi connectivity index (χ2v) is 11.5. The number of urea groups is 1. The molecule has 3 aromatic rings. The van der Waals surface area contributed by atoms with Crippen molar-refractivity contribution in [3.05, 3.63) is 89.7 Å². The van der Waals surface area contributed by atoms with Crippen molar-refractivity contribution in [1.29, 1.82) is 5.26 Å². The van der Waals surface area contributed by atoms with Crippen molar-refractivity contribution < 1.29 is 9.18 Å². The third kappa shape index (κ3) is 5.62. The zero-order valence-corrected chi connectivity index (χ0v) is 23.4. The van der Waals surface area contributed by atoms with Gasteiger partial charge < -0.3 is 0 Å². The van der Waals surface area contributed by atoms with Gasteiger partial charge in [0.15, 0.2) is 0 Å². The minimum atomic E-state index is -0.600. The van der Waals surface area contributed by atoms with Gasteiger partial charge in [-0.05, 0) is 72.2 Å². The largest absolute Gasteiger partial charge is 0.328 e. The van der Waals surface area contributed by atoms with Crippen molar-refractivity contribution in [2.75, 3.05) is 18.0 Å². The second-order valence-electron chi connectivity index (χ2n) is 11.5. The van der Waals surface area contributed by atoms with E-state index in [4.69, 9.17) is 4.99 Å². The molecule has 0 bridgehead atoms. The molecule has 1 spiro atoms. The fourth-order valence-electron chi connectivity index (χ4n) is 6.78. The Kier molecular flexibility index (Phi) is 7.84. The summed E-state index contributed by atoms with van der Waals surface area (Å²) in [5.41, 5.74) is 4.44. The van der Waals surface area contributed by atoms with Crippen molar-refractivity contribution in [1.82, 2.24) is 10.2 Å². The van der Waals surface area contributed by atoms with Gasteiger partial charge in [-0.3, -0.25) is 20.1 Å². The SMILES string of the molecule is N#CCc1ccccc1-c1cccc(CN2CCC3(CC2)C(=NC2CCCCC2)NC(=O)N3c2cccc(F)c2)c1. The molecule has 41 heavy (non-hydrogen) atoms. The third-order valence-corrected chi connectivity index (χ3v) is 8.86. The number of amides is 2. The Bertz CT molecular complexity index is 1480. The van der Waals surface area contributed by atoms with Gasteiger partial charge in [0, 0.05) is 25.3 Å². The molecule has 1 N–H and O–H groups in total. The van der Waals surface area contributed by atoms with E-state index in [-0.39, 0.29) is 17.9 Å². The Labute approximate surface area is 241 Å². The molecule has 3 fully saturated rings. The Morgan fingerprint density at radius 2 is 1.76 bits per heavy atom. The number of carbonyl (C=O) groups is 1. The summed E-state index contributed by atoms with van der Waals surface area (Å²) in [6, 6.07) is 25.3. The van der Waals surface area contributed by atoms with E-state index in [0.29, 0.717) is 12.1 Å². The molecule has 0 radical (unpaired) electrons. The first kappa shape index (κ1) is 27.2. The van der Waals surface area contributed by atoms with Gasteiger partial charge >= 0.3 is 6.03 Å². The molecular weight excluding hydrogens is 513 g/mol. The van der Waals surface area contributed by atoms with Gasteiger partial charge in [0.1, 0.15) is 17.2 Å². The summed E-state index contributed by atoms with van der Waals surface area (Å²) in [5, 5.41) is 12.4. The number of rotatable bonds is 6. The average Bonchev–Trinajstić information content (AvgIpc) is 3.25. The van der Waals surface area contributed by atoms with E-state index < -0.39 is 5.54 Å². The molecule has 2 saturated heterocycles. The molecule has 6 rings (SSSR count). The highest BCUT2D eigenvalue weighted by atomic mass is 19.1. The zero-order valence-electron chi connectivity index (χ0n) is 23.4. The van der Waals surface area contributed by atoms with Gasteiger partial charge in [-0.1, -0.05) is 67.8 Å². The van der Waals surface area contributed by atoms with E-state index in [1.807, 2.05) is 24.3 Å². The molecule has 7 heteroatoms. The number of halogens is 1. The smallest absolute Gasteiger partial charge is 0.299 e. The number of benzene rings is 3.